The van der Waals surface area contributed by atoms with Crippen LogP contribution in [0.2, 0.25) is 10.0 Å². The second-order valence-electron chi connectivity index (χ2n) is 4.33. The van der Waals surface area contributed by atoms with Crippen LogP contribution in [0.15, 0.2) is 41.8 Å². The molecule has 106 valence electrons. The van der Waals surface area contributed by atoms with Crippen molar-refractivity contribution in [3.8, 4) is 27.6 Å². The zero-order chi connectivity index (χ0) is 15.0. The summed E-state index contributed by atoms with van der Waals surface area (Å²) in [6.45, 7) is 0. The maximum atomic E-state index is 13.6. The summed E-state index contributed by atoms with van der Waals surface area (Å²) in [6, 6.07) is 9.41. The van der Waals surface area contributed by atoms with E-state index < -0.39 is 5.82 Å². The SMILES string of the molecule is Oc1cccc(-c2nc(-c3cc(F)c(Cl)cc3Cl)cs2)c1. The standard InChI is InChI=1S/C15H8Cl2FNOS/c16-11-6-12(17)13(18)5-10(11)14-7-21-15(19-14)8-2-1-3-9(20)4-8/h1-7,20H. The Balaban J connectivity index is 2.05. The Morgan fingerprint density at radius 2 is 1.90 bits per heavy atom. The highest BCUT2D eigenvalue weighted by Crippen LogP contribution is 2.35. The molecule has 1 aromatic heterocycles. The van der Waals surface area contributed by atoms with Gasteiger partial charge in [0.2, 0.25) is 0 Å². The summed E-state index contributed by atoms with van der Waals surface area (Å²) in [5, 5.41) is 12.3. The van der Waals surface area contributed by atoms with Crippen LogP contribution in [0.3, 0.4) is 0 Å². The van der Waals surface area contributed by atoms with E-state index in [1.165, 1.54) is 23.5 Å². The first-order valence-electron chi connectivity index (χ1n) is 5.94. The Labute approximate surface area is 134 Å². The third-order valence-electron chi connectivity index (χ3n) is 2.88. The molecule has 0 saturated carbocycles. The van der Waals surface area contributed by atoms with Crippen molar-refractivity contribution in [2.75, 3.05) is 0 Å². The average molecular weight is 340 g/mol. The number of phenolic OH excluding ortho intramolecular Hbond substituents is 1. The Morgan fingerprint density at radius 3 is 2.67 bits per heavy atom. The normalized spacial score (nSPS) is 10.8. The molecule has 0 radical (unpaired) electrons. The minimum Gasteiger partial charge on any atom is -0.508 e. The maximum Gasteiger partial charge on any atom is 0.142 e. The number of aromatic hydroxyl groups is 1. The number of rotatable bonds is 2. The summed E-state index contributed by atoms with van der Waals surface area (Å²) in [5.74, 6) is -0.372. The van der Waals surface area contributed by atoms with Crippen LogP contribution in [-0.2, 0) is 0 Å². The van der Waals surface area contributed by atoms with E-state index >= 15 is 0 Å². The molecule has 0 atom stereocenters. The van der Waals surface area contributed by atoms with Crippen molar-refractivity contribution in [3.63, 3.8) is 0 Å². The molecule has 21 heavy (non-hydrogen) atoms. The Hall–Kier alpha value is -1.62. The van der Waals surface area contributed by atoms with E-state index in [2.05, 4.69) is 4.98 Å². The molecule has 0 amide bonds. The summed E-state index contributed by atoms with van der Waals surface area (Å²) in [4.78, 5) is 4.44. The van der Waals surface area contributed by atoms with Crippen LogP contribution in [0, 0.1) is 5.82 Å². The third kappa shape index (κ3) is 2.88. The second kappa shape index (κ2) is 5.64. The minimum atomic E-state index is -0.539. The molecule has 0 bridgehead atoms. The predicted molar refractivity (Wildman–Crippen MR) is 84.6 cm³/mol. The van der Waals surface area contributed by atoms with Gasteiger partial charge >= 0.3 is 0 Å². The fraction of sp³-hybridized carbons (Fsp3) is 0. The molecule has 0 aliphatic heterocycles. The molecule has 0 aliphatic carbocycles. The Morgan fingerprint density at radius 1 is 1.10 bits per heavy atom. The van der Waals surface area contributed by atoms with Gasteiger partial charge in [-0.25, -0.2) is 9.37 Å². The van der Waals surface area contributed by atoms with Gasteiger partial charge in [-0.2, -0.15) is 0 Å². The van der Waals surface area contributed by atoms with Crippen molar-refractivity contribution in [2.24, 2.45) is 0 Å². The minimum absolute atomic E-state index is 0.0211. The summed E-state index contributed by atoms with van der Waals surface area (Å²) in [7, 11) is 0. The highest BCUT2D eigenvalue weighted by atomic mass is 35.5. The van der Waals surface area contributed by atoms with Gasteiger partial charge in [-0.1, -0.05) is 35.3 Å². The van der Waals surface area contributed by atoms with Crippen LogP contribution in [0.4, 0.5) is 4.39 Å². The van der Waals surface area contributed by atoms with Crippen molar-refractivity contribution >= 4 is 34.5 Å². The van der Waals surface area contributed by atoms with E-state index in [0.29, 0.717) is 21.3 Å². The van der Waals surface area contributed by atoms with Gasteiger partial charge in [0.05, 0.1) is 15.7 Å². The molecule has 6 heteroatoms. The van der Waals surface area contributed by atoms with Crippen LogP contribution < -0.4 is 0 Å². The number of benzene rings is 2. The lowest BCUT2D eigenvalue weighted by atomic mass is 10.1. The lowest BCUT2D eigenvalue weighted by Gasteiger charge is -2.03. The van der Waals surface area contributed by atoms with Crippen LogP contribution in [0.1, 0.15) is 0 Å². The van der Waals surface area contributed by atoms with E-state index in [1.54, 1.807) is 23.6 Å². The number of aromatic nitrogens is 1. The number of phenols is 1. The average Bonchev–Trinajstić information content (AvgIpc) is 2.92. The molecule has 0 fully saturated rings. The fourth-order valence-electron chi connectivity index (χ4n) is 1.89. The number of hydrogen-bond donors (Lipinski definition) is 1. The molecule has 3 aromatic rings. The molecule has 0 saturated heterocycles. The van der Waals surface area contributed by atoms with E-state index in [0.717, 1.165) is 5.56 Å². The summed E-state index contributed by atoms with van der Waals surface area (Å²) in [5.41, 5.74) is 1.84. The van der Waals surface area contributed by atoms with Crippen molar-refractivity contribution in [1.82, 2.24) is 4.98 Å². The third-order valence-corrected chi connectivity index (χ3v) is 4.38. The fourth-order valence-corrected chi connectivity index (χ4v) is 3.18. The molecule has 0 spiro atoms. The monoisotopic (exact) mass is 339 g/mol. The molecule has 3 rings (SSSR count). The molecule has 2 aromatic carbocycles. The van der Waals surface area contributed by atoms with Gasteiger partial charge in [0.25, 0.3) is 0 Å². The topological polar surface area (TPSA) is 33.1 Å². The number of halogens is 3. The number of thiazole rings is 1. The van der Waals surface area contributed by atoms with Gasteiger partial charge in [-0.05, 0) is 24.3 Å². The van der Waals surface area contributed by atoms with Crippen molar-refractivity contribution < 1.29 is 9.50 Å². The van der Waals surface area contributed by atoms with E-state index in [-0.39, 0.29) is 10.8 Å². The summed E-state index contributed by atoms with van der Waals surface area (Å²) >= 11 is 13.2. The quantitative estimate of drug-likeness (QED) is 0.614. The van der Waals surface area contributed by atoms with Gasteiger partial charge < -0.3 is 5.11 Å². The summed E-state index contributed by atoms with van der Waals surface area (Å²) in [6.07, 6.45) is 0. The van der Waals surface area contributed by atoms with E-state index in [9.17, 15) is 9.50 Å². The molecule has 1 heterocycles. The maximum absolute atomic E-state index is 13.6. The van der Waals surface area contributed by atoms with Crippen molar-refractivity contribution in [2.45, 2.75) is 0 Å². The zero-order valence-electron chi connectivity index (χ0n) is 10.5. The number of hydrogen-bond acceptors (Lipinski definition) is 3. The molecular weight excluding hydrogens is 332 g/mol. The van der Waals surface area contributed by atoms with E-state index in [1.807, 2.05) is 6.07 Å². The highest BCUT2D eigenvalue weighted by molar-refractivity contribution is 7.13. The first-order valence-corrected chi connectivity index (χ1v) is 7.58. The van der Waals surface area contributed by atoms with Gasteiger partial charge in [0, 0.05) is 16.5 Å². The van der Waals surface area contributed by atoms with Crippen molar-refractivity contribution in [3.05, 3.63) is 57.6 Å². The summed E-state index contributed by atoms with van der Waals surface area (Å²) < 4.78 is 13.6. The molecule has 0 aliphatic rings. The zero-order valence-corrected chi connectivity index (χ0v) is 12.8. The van der Waals surface area contributed by atoms with Gasteiger partial charge in [0.1, 0.15) is 16.6 Å². The first-order chi connectivity index (χ1) is 10.0. The Bertz CT molecular complexity index is 819. The van der Waals surface area contributed by atoms with Crippen LogP contribution in [-0.4, -0.2) is 10.1 Å². The molecule has 1 N–H and O–H groups in total. The van der Waals surface area contributed by atoms with Gasteiger partial charge in [-0.15, -0.1) is 11.3 Å². The van der Waals surface area contributed by atoms with Gasteiger partial charge in [-0.3, -0.25) is 0 Å². The first kappa shape index (κ1) is 14.3. The highest BCUT2D eigenvalue weighted by Gasteiger charge is 2.13. The molecule has 0 unspecified atom stereocenters. The molecular formula is C15H8Cl2FNOS. The van der Waals surface area contributed by atoms with Crippen LogP contribution >= 0.6 is 34.5 Å². The molecule has 2 nitrogen and oxygen atoms in total. The van der Waals surface area contributed by atoms with Crippen LogP contribution in [0.25, 0.3) is 21.8 Å². The van der Waals surface area contributed by atoms with Crippen LogP contribution in [0.5, 0.6) is 5.75 Å². The second-order valence-corrected chi connectivity index (χ2v) is 6.01. The Kier molecular flexibility index (Phi) is 3.85. The van der Waals surface area contributed by atoms with Gasteiger partial charge in [0.15, 0.2) is 0 Å². The van der Waals surface area contributed by atoms with Crippen molar-refractivity contribution in [1.29, 1.82) is 0 Å². The predicted octanol–water partition coefficient (Wildman–Crippen LogP) is 5.63. The largest absolute Gasteiger partial charge is 0.508 e. The number of nitrogens with zero attached hydrogens (tertiary/aromatic N) is 1. The van der Waals surface area contributed by atoms with E-state index in [4.69, 9.17) is 23.2 Å². The lowest BCUT2D eigenvalue weighted by Crippen LogP contribution is -1.85. The smallest absolute Gasteiger partial charge is 0.142 e. The lowest BCUT2D eigenvalue weighted by molar-refractivity contribution is 0.475.